The predicted molar refractivity (Wildman–Crippen MR) is 116 cm³/mol. The number of nitrogens with one attached hydrogen (secondary N) is 2. The first-order valence-electron chi connectivity index (χ1n) is 10.7. The number of carbonyl (C=O) groups excluding carboxylic acids is 2. The van der Waals surface area contributed by atoms with Crippen molar-refractivity contribution >= 4 is 34.4 Å². The molecule has 1 heterocycles. The van der Waals surface area contributed by atoms with Gasteiger partial charge in [0, 0.05) is 42.9 Å². The summed E-state index contributed by atoms with van der Waals surface area (Å²) in [5.41, 5.74) is 1.79. The Morgan fingerprint density at radius 3 is 2.76 bits per heavy atom. The number of halogens is 1. The Bertz CT molecular complexity index is 846. The molecule has 29 heavy (non-hydrogen) atoms. The number of nitrogens with zero attached hydrogens (tertiary/aromatic N) is 2. The molecule has 2 N–H and O–H groups in total. The molecule has 1 saturated carbocycles. The number of benzene rings is 1. The van der Waals surface area contributed by atoms with E-state index < -0.39 is 0 Å². The van der Waals surface area contributed by atoms with Crippen molar-refractivity contribution in [1.82, 2.24) is 20.2 Å². The minimum Gasteiger partial charge on any atom is -0.356 e. The number of hydrogen-bond acceptors (Lipinski definition) is 3. The van der Waals surface area contributed by atoms with Gasteiger partial charge in [0.2, 0.25) is 11.8 Å². The maximum atomic E-state index is 12.9. The molecule has 6 nitrogen and oxygen atoms in total. The number of fused-ring (bicyclic) bond motifs is 1. The van der Waals surface area contributed by atoms with Crippen LogP contribution in [0.25, 0.3) is 11.0 Å². The van der Waals surface area contributed by atoms with E-state index in [9.17, 15) is 9.59 Å². The number of aromatic nitrogens is 2. The SMILES string of the molecule is CCN(CC)C(=O)CCCNC(=O)[C@H]1CCCC[C@@H]1c1nc2ccc(Cl)cc2[nH]1. The highest BCUT2D eigenvalue weighted by molar-refractivity contribution is 6.31. The van der Waals surface area contributed by atoms with Gasteiger partial charge in [-0.25, -0.2) is 4.98 Å². The summed E-state index contributed by atoms with van der Waals surface area (Å²) in [5, 5.41) is 3.72. The van der Waals surface area contributed by atoms with Crippen LogP contribution in [0.2, 0.25) is 5.02 Å². The Morgan fingerprint density at radius 1 is 1.24 bits per heavy atom. The van der Waals surface area contributed by atoms with Crippen LogP contribution in [0.3, 0.4) is 0 Å². The number of carbonyl (C=O) groups is 2. The van der Waals surface area contributed by atoms with E-state index in [1.165, 1.54) is 0 Å². The Labute approximate surface area is 177 Å². The lowest BCUT2D eigenvalue weighted by Crippen LogP contribution is -2.37. The van der Waals surface area contributed by atoms with Gasteiger partial charge >= 0.3 is 0 Å². The Hall–Kier alpha value is -2.08. The molecule has 1 aliphatic carbocycles. The molecule has 1 fully saturated rings. The molecule has 0 radical (unpaired) electrons. The highest BCUT2D eigenvalue weighted by Gasteiger charge is 2.33. The topological polar surface area (TPSA) is 78.1 Å². The van der Waals surface area contributed by atoms with Crippen molar-refractivity contribution in [3.8, 4) is 0 Å². The summed E-state index contributed by atoms with van der Waals surface area (Å²) in [7, 11) is 0. The van der Waals surface area contributed by atoms with Crippen LogP contribution in [0, 0.1) is 5.92 Å². The van der Waals surface area contributed by atoms with Crippen LogP contribution in [0.5, 0.6) is 0 Å². The zero-order valence-corrected chi connectivity index (χ0v) is 18.1. The lowest BCUT2D eigenvalue weighted by Gasteiger charge is -2.29. The van der Waals surface area contributed by atoms with Gasteiger partial charge in [-0.15, -0.1) is 0 Å². The zero-order chi connectivity index (χ0) is 20.8. The van der Waals surface area contributed by atoms with Crippen molar-refractivity contribution in [3.05, 3.63) is 29.0 Å². The smallest absolute Gasteiger partial charge is 0.223 e. The monoisotopic (exact) mass is 418 g/mol. The molecular weight excluding hydrogens is 388 g/mol. The quantitative estimate of drug-likeness (QED) is 0.629. The van der Waals surface area contributed by atoms with Gasteiger partial charge < -0.3 is 15.2 Å². The predicted octanol–water partition coefficient (Wildman–Crippen LogP) is 4.25. The number of rotatable bonds is 8. The third-order valence-corrected chi connectivity index (χ3v) is 6.13. The van der Waals surface area contributed by atoms with E-state index >= 15 is 0 Å². The van der Waals surface area contributed by atoms with Crippen molar-refractivity contribution in [3.63, 3.8) is 0 Å². The van der Waals surface area contributed by atoms with Crippen LogP contribution in [0.4, 0.5) is 0 Å². The van der Waals surface area contributed by atoms with Crippen molar-refractivity contribution in [2.24, 2.45) is 5.92 Å². The molecule has 0 unspecified atom stereocenters. The number of aromatic amines is 1. The summed E-state index contributed by atoms with van der Waals surface area (Å²) in [6.07, 6.45) is 5.12. The van der Waals surface area contributed by atoms with Gasteiger partial charge in [0.15, 0.2) is 0 Å². The number of imidazole rings is 1. The van der Waals surface area contributed by atoms with Crippen molar-refractivity contribution in [2.75, 3.05) is 19.6 Å². The summed E-state index contributed by atoms with van der Waals surface area (Å²) in [6.45, 7) is 5.96. The molecular formula is C22H31ClN4O2. The van der Waals surface area contributed by atoms with Crippen molar-refractivity contribution in [1.29, 1.82) is 0 Å². The van der Waals surface area contributed by atoms with Crippen LogP contribution in [-0.2, 0) is 9.59 Å². The fourth-order valence-electron chi connectivity index (χ4n) is 4.27. The van der Waals surface area contributed by atoms with Crippen molar-refractivity contribution < 1.29 is 9.59 Å². The first kappa shape index (κ1) is 21.6. The molecule has 158 valence electrons. The van der Waals surface area contributed by atoms with Gasteiger partial charge in [-0.1, -0.05) is 24.4 Å². The maximum Gasteiger partial charge on any atom is 0.223 e. The molecule has 2 aromatic rings. The Morgan fingerprint density at radius 2 is 2.00 bits per heavy atom. The lowest BCUT2D eigenvalue weighted by atomic mass is 9.78. The summed E-state index contributed by atoms with van der Waals surface area (Å²) in [5.74, 6) is 1.11. The van der Waals surface area contributed by atoms with E-state index in [0.717, 1.165) is 55.6 Å². The van der Waals surface area contributed by atoms with Gasteiger partial charge in [0.1, 0.15) is 5.82 Å². The van der Waals surface area contributed by atoms with Gasteiger partial charge in [-0.05, 0) is 51.3 Å². The van der Waals surface area contributed by atoms with Crippen LogP contribution < -0.4 is 5.32 Å². The second-order valence-corrected chi connectivity index (χ2v) is 8.18. The summed E-state index contributed by atoms with van der Waals surface area (Å²) >= 11 is 6.09. The van der Waals surface area contributed by atoms with E-state index in [1.807, 2.05) is 36.9 Å². The van der Waals surface area contributed by atoms with Crippen LogP contribution in [-0.4, -0.2) is 46.3 Å². The summed E-state index contributed by atoms with van der Waals surface area (Å²) in [4.78, 5) is 34.9. The van der Waals surface area contributed by atoms with Gasteiger partial charge in [-0.3, -0.25) is 9.59 Å². The normalized spacial score (nSPS) is 19.3. The largest absolute Gasteiger partial charge is 0.356 e. The van der Waals surface area contributed by atoms with Crippen LogP contribution >= 0.6 is 11.6 Å². The number of hydrogen-bond donors (Lipinski definition) is 2. The third kappa shape index (κ3) is 5.30. The Balaban J connectivity index is 1.58. The Kier molecular flexibility index (Phi) is 7.53. The molecule has 0 aliphatic heterocycles. The van der Waals surface area contributed by atoms with E-state index in [2.05, 4.69) is 10.3 Å². The number of amides is 2. The maximum absolute atomic E-state index is 12.9. The molecule has 0 spiro atoms. The standard InChI is InChI=1S/C22H31ClN4O2/c1-3-27(4-2)20(28)10-7-13-24-22(29)17-9-6-5-8-16(17)21-25-18-12-11-15(23)14-19(18)26-21/h11-12,14,16-17H,3-10,13H2,1-2H3,(H,24,29)(H,25,26)/t16-,17-/m0/s1. The first-order valence-corrected chi connectivity index (χ1v) is 11.1. The molecule has 2 amide bonds. The molecule has 1 aromatic carbocycles. The minimum absolute atomic E-state index is 0.0727. The molecule has 7 heteroatoms. The molecule has 0 bridgehead atoms. The second-order valence-electron chi connectivity index (χ2n) is 7.74. The van der Waals surface area contributed by atoms with E-state index in [-0.39, 0.29) is 23.7 Å². The summed E-state index contributed by atoms with van der Waals surface area (Å²) in [6, 6.07) is 5.61. The van der Waals surface area contributed by atoms with E-state index in [0.29, 0.717) is 24.4 Å². The van der Waals surface area contributed by atoms with Crippen LogP contribution in [0.15, 0.2) is 18.2 Å². The molecule has 3 rings (SSSR count). The highest BCUT2D eigenvalue weighted by Crippen LogP contribution is 2.37. The number of H-pyrrole nitrogens is 1. The third-order valence-electron chi connectivity index (χ3n) is 5.90. The fraction of sp³-hybridized carbons (Fsp3) is 0.591. The fourth-order valence-corrected chi connectivity index (χ4v) is 4.44. The average molecular weight is 419 g/mol. The van der Waals surface area contributed by atoms with Gasteiger partial charge in [0.05, 0.1) is 11.0 Å². The van der Waals surface area contributed by atoms with Gasteiger partial charge in [-0.2, -0.15) is 0 Å². The van der Waals surface area contributed by atoms with Gasteiger partial charge in [0.25, 0.3) is 0 Å². The van der Waals surface area contributed by atoms with E-state index in [4.69, 9.17) is 16.6 Å². The highest BCUT2D eigenvalue weighted by atomic mass is 35.5. The molecule has 0 saturated heterocycles. The van der Waals surface area contributed by atoms with Crippen molar-refractivity contribution in [2.45, 2.75) is 58.3 Å². The first-order chi connectivity index (χ1) is 14.0. The minimum atomic E-state index is -0.0849. The average Bonchev–Trinajstić information content (AvgIpc) is 3.15. The van der Waals surface area contributed by atoms with Crippen LogP contribution in [0.1, 0.15) is 64.1 Å². The summed E-state index contributed by atoms with van der Waals surface area (Å²) < 4.78 is 0. The zero-order valence-electron chi connectivity index (χ0n) is 17.3. The van der Waals surface area contributed by atoms with E-state index in [1.54, 1.807) is 0 Å². The lowest BCUT2D eigenvalue weighted by molar-refractivity contribution is -0.131. The second kappa shape index (κ2) is 10.1. The molecule has 2 atom stereocenters. The molecule has 1 aromatic heterocycles. The molecule has 1 aliphatic rings.